The number of alkyl halides is 3. The Labute approximate surface area is 142 Å². The van der Waals surface area contributed by atoms with Crippen LogP contribution in [-0.4, -0.2) is 30.3 Å². The molecule has 1 saturated heterocycles. The number of hydrogen-bond acceptors (Lipinski definition) is 3. The van der Waals surface area contributed by atoms with E-state index in [-0.39, 0.29) is 11.7 Å². The van der Waals surface area contributed by atoms with Gasteiger partial charge in [-0.25, -0.2) is 4.79 Å². The first kappa shape index (κ1) is 17.1. The maximum Gasteiger partial charge on any atom is 0.416 e. The molecule has 25 heavy (non-hydrogen) atoms. The molecule has 0 saturated carbocycles. The van der Waals surface area contributed by atoms with Crippen molar-refractivity contribution in [3.05, 3.63) is 59.7 Å². The zero-order valence-electron chi connectivity index (χ0n) is 13.2. The highest BCUT2D eigenvalue weighted by atomic mass is 19.4. The second-order valence-electron chi connectivity index (χ2n) is 5.85. The monoisotopic (exact) mass is 351 g/mol. The molecule has 1 unspecified atom stereocenters. The summed E-state index contributed by atoms with van der Waals surface area (Å²) in [6, 6.07) is 11.2. The molecule has 132 valence electrons. The number of rotatable bonds is 4. The number of ether oxygens (including phenoxy) is 1. The third-order valence-electron chi connectivity index (χ3n) is 4.11. The molecule has 1 N–H and O–H groups in total. The van der Waals surface area contributed by atoms with Crippen molar-refractivity contribution >= 4 is 11.7 Å². The number of hydrogen-bond donors (Lipinski definition) is 1. The summed E-state index contributed by atoms with van der Waals surface area (Å²) in [5.41, 5.74) is 0.412. The second-order valence-corrected chi connectivity index (χ2v) is 5.85. The van der Waals surface area contributed by atoms with Crippen LogP contribution in [0, 0.1) is 0 Å². The summed E-state index contributed by atoms with van der Waals surface area (Å²) in [5.74, 6) is -0.572. The highest BCUT2D eigenvalue weighted by molar-refractivity contribution is 5.88. The molecule has 0 spiro atoms. The van der Waals surface area contributed by atoms with Gasteiger partial charge in [-0.05, 0) is 48.5 Å². The van der Waals surface area contributed by atoms with Crippen molar-refractivity contribution in [1.29, 1.82) is 0 Å². The number of carbonyl (C=O) groups is 1. The van der Waals surface area contributed by atoms with E-state index in [9.17, 15) is 18.0 Å². The average molecular weight is 351 g/mol. The summed E-state index contributed by atoms with van der Waals surface area (Å²) in [5, 5.41) is 8.91. The fraction of sp³-hybridized carbons (Fsp3) is 0.278. The summed E-state index contributed by atoms with van der Waals surface area (Å²) in [4.78, 5) is 12.9. The number of carboxylic acids is 1. The van der Waals surface area contributed by atoms with Crippen LogP contribution in [-0.2, 0) is 6.18 Å². The van der Waals surface area contributed by atoms with Gasteiger partial charge in [-0.2, -0.15) is 13.2 Å². The van der Waals surface area contributed by atoms with Crippen molar-refractivity contribution < 1.29 is 27.8 Å². The third-order valence-corrected chi connectivity index (χ3v) is 4.11. The average Bonchev–Trinajstić information content (AvgIpc) is 3.03. The zero-order valence-corrected chi connectivity index (χ0v) is 13.2. The lowest BCUT2D eigenvalue weighted by atomic mass is 10.2. The van der Waals surface area contributed by atoms with Crippen LogP contribution >= 0.6 is 0 Å². The van der Waals surface area contributed by atoms with Crippen molar-refractivity contribution in [1.82, 2.24) is 0 Å². The summed E-state index contributed by atoms with van der Waals surface area (Å²) in [6.07, 6.45) is -3.75. The number of halogens is 3. The van der Waals surface area contributed by atoms with Gasteiger partial charge >= 0.3 is 12.1 Å². The molecule has 4 nitrogen and oxygen atoms in total. The number of nitrogens with zero attached hydrogens (tertiary/aromatic N) is 1. The molecule has 1 fully saturated rings. The van der Waals surface area contributed by atoms with Gasteiger partial charge in [0.1, 0.15) is 11.9 Å². The Bertz CT molecular complexity index is 742. The van der Waals surface area contributed by atoms with Gasteiger partial charge in [0.2, 0.25) is 0 Å². The molecule has 2 aromatic carbocycles. The minimum atomic E-state index is -4.36. The first-order valence-electron chi connectivity index (χ1n) is 7.75. The molecule has 0 aromatic heterocycles. The van der Waals surface area contributed by atoms with Crippen LogP contribution in [0.2, 0.25) is 0 Å². The molecular weight excluding hydrogens is 335 g/mol. The molecular formula is C18H16F3NO3. The van der Waals surface area contributed by atoms with Crippen LogP contribution in [0.1, 0.15) is 22.3 Å². The Balaban J connectivity index is 1.60. The Morgan fingerprint density at radius 1 is 1.08 bits per heavy atom. The highest BCUT2D eigenvalue weighted by Gasteiger charge is 2.30. The lowest BCUT2D eigenvalue weighted by Gasteiger charge is -2.19. The van der Waals surface area contributed by atoms with Crippen LogP contribution in [0.4, 0.5) is 18.9 Å². The van der Waals surface area contributed by atoms with Crippen LogP contribution in [0.15, 0.2) is 48.5 Å². The van der Waals surface area contributed by atoms with Crippen LogP contribution in [0.5, 0.6) is 5.75 Å². The summed E-state index contributed by atoms with van der Waals surface area (Å²) in [6.45, 7) is 1.32. The molecule has 0 bridgehead atoms. The number of anilines is 1. The van der Waals surface area contributed by atoms with E-state index in [2.05, 4.69) is 4.90 Å². The minimum absolute atomic E-state index is 0.129. The predicted octanol–water partition coefficient (Wildman–Crippen LogP) is 4.06. The molecule has 1 heterocycles. The molecule has 1 atom stereocenters. The van der Waals surface area contributed by atoms with Gasteiger partial charge in [0.25, 0.3) is 0 Å². The van der Waals surface area contributed by atoms with Gasteiger partial charge in [-0.15, -0.1) is 0 Å². The molecule has 1 aliphatic rings. The van der Waals surface area contributed by atoms with Crippen molar-refractivity contribution in [2.45, 2.75) is 18.7 Å². The van der Waals surface area contributed by atoms with Crippen molar-refractivity contribution in [2.75, 3.05) is 18.0 Å². The largest absolute Gasteiger partial charge is 0.489 e. The van der Waals surface area contributed by atoms with E-state index in [1.165, 1.54) is 12.1 Å². The SMILES string of the molecule is O=C(O)c1ccc(N2CCC(Oc3ccc(C(F)(F)F)cc3)C2)cc1. The fourth-order valence-corrected chi connectivity index (χ4v) is 2.79. The molecule has 0 amide bonds. The van der Waals surface area contributed by atoms with Crippen molar-refractivity contribution in [3.63, 3.8) is 0 Å². The first-order chi connectivity index (χ1) is 11.8. The van der Waals surface area contributed by atoms with Crippen molar-refractivity contribution in [2.24, 2.45) is 0 Å². The minimum Gasteiger partial charge on any atom is -0.489 e. The Morgan fingerprint density at radius 3 is 2.28 bits per heavy atom. The van der Waals surface area contributed by atoms with Gasteiger partial charge in [-0.3, -0.25) is 0 Å². The Hall–Kier alpha value is -2.70. The van der Waals surface area contributed by atoms with Crippen LogP contribution in [0.3, 0.4) is 0 Å². The lowest BCUT2D eigenvalue weighted by Crippen LogP contribution is -2.24. The molecule has 3 rings (SSSR count). The van der Waals surface area contributed by atoms with E-state index in [0.29, 0.717) is 12.3 Å². The molecule has 0 radical (unpaired) electrons. The number of benzene rings is 2. The smallest absolute Gasteiger partial charge is 0.416 e. The van der Waals surface area contributed by atoms with Gasteiger partial charge in [0.05, 0.1) is 17.7 Å². The third kappa shape index (κ3) is 4.04. The fourth-order valence-electron chi connectivity index (χ4n) is 2.79. The van der Waals surface area contributed by atoms with E-state index in [1.54, 1.807) is 24.3 Å². The maximum absolute atomic E-state index is 12.6. The standard InChI is InChI=1S/C18H16F3NO3/c19-18(20,21)13-3-7-15(8-4-13)25-16-9-10-22(11-16)14-5-1-12(2-6-14)17(23)24/h1-8,16H,9-11H2,(H,23,24). The second kappa shape index (κ2) is 6.66. The summed E-state index contributed by atoms with van der Waals surface area (Å²) >= 11 is 0. The van der Waals surface area contributed by atoms with Gasteiger partial charge < -0.3 is 14.7 Å². The normalized spacial score (nSPS) is 17.6. The first-order valence-corrected chi connectivity index (χ1v) is 7.75. The van der Waals surface area contributed by atoms with Crippen molar-refractivity contribution in [3.8, 4) is 5.75 Å². The molecule has 2 aromatic rings. The van der Waals surface area contributed by atoms with E-state index in [0.717, 1.165) is 30.8 Å². The topological polar surface area (TPSA) is 49.8 Å². The Kier molecular flexibility index (Phi) is 4.57. The molecule has 0 aliphatic carbocycles. The van der Waals surface area contributed by atoms with E-state index < -0.39 is 17.7 Å². The molecule has 7 heteroatoms. The van der Waals surface area contributed by atoms with E-state index >= 15 is 0 Å². The highest BCUT2D eigenvalue weighted by Crippen LogP contribution is 2.31. The van der Waals surface area contributed by atoms with E-state index in [1.807, 2.05) is 0 Å². The van der Waals surface area contributed by atoms with E-state index in [4.69, 9.17) is 9.84 Å². The van der Waals surface area contributed by atoms with Gasteiger partial charge in [-0.1, -0.05) is 0 Å². The lowest BCUT2D eigenvalue weighted by molar-refractivity contribution is -0.137. The van der Waals surface area contributed by atoms with Gasteiger partial charge in [0, 0.05) is 18.7 Å². The van der Waals surface area contributed by atoms with Crippen LogP contribution in [0.25, 0.3) is 0 Å². The number of carboxylic acid groups (broad SMARTS) is 1. The van der Waals surface area contributed by atoms with Crippen LogP contribution < -0.4 is 9.64 Å². The molecule has 1 aliphatic heterocycles. The quantitative estimate of drug-likeness (QED) is 0.902. The predicted molar refractivity (Wildman–Crippen MR) is 86.1 cm³/mol. The maximum atomic E-state index is 12.6. The van der Waals surface area contributed by atoms with Gasteiger partial charge in [0.15, 0.2) is 0 Å². The zero-order chi connectivity index (χ0) is 18.0. The summed E-state index contributed by atoms with van der Waals surface area (Å²) in [7, 11) is 0. The Morgan fingerprint density at radius 2 is 1.72 bits per heavy atom. The number of aromatic carboxylic acids is 1. The summed E-state index contributed by atoms with van der Waals surface area (Å²) < 4.78 is 43.4.